The zero-order chi connectivity index (χ0) is 15.1. The van der Waals surface area contributed by atoms with E-state index in [-0.39, 0.29) is 12.6 Å². The number of hydrogen-bond donors (Lipinski definition) is 3. The zero-order valence-corrected chi connectivity index (χ0v) is 13.5. The van der Waals surface area contributed by atoms with Crippen molar-refractivity contribution in [2.75, 3.05) is 23.8 Å². The van der Waals surface area contributed by atoms with Gasteiger partial charge in [-0.15, -0.1) is 0 Å². The molecule has 2 aromatic rings. The Kier molecular flexibility index (Phi) is 5.95. The van der Waals surface area contributed by atoms with Crippen molar-refractivity contribution in [3.05, 3.63) is 46.7 Å². The molecular formula is C15H19BrN4O. The van der Waals surface area contributed by atoms with Crippen LogP contribution in [0, 0.1) is 0 Å². The highest BCUT2D eigenvalue weighted by molar-refractivity contribution is 9.10. The first-order valence-corrected chi connectivity index (χ1v) is 7.69. The number of halogens is 1. The summed E-state index contributed by atoms with van der Waals surface area (Å²) in [6.45, 7) is 2.82. The molecule has 0 radical (unpaired) electrons. The summed E-state index contributed by atoms with van der Waals surface area (Å²) in [5, 5.41) is 16.0. The van der Waals surface area contributed by atoms with Gasteiger partial charge in [-0.05, 0) is 34.8 Å². The molecule has 6 heteroatoms. The van der Waals surface area contributed by atoms with Crippen molar-refractivity contribution in [3.8, 4) is 0 Å². The second kappa shape index (κ2) is 7.95. The van der Waals surface area contributed by atoms with Crippen molar-refractivity contribution in [1.29, 1.82) is 0 Å². The largest absolute Gasteiger partial charge is 0.394 e. The molecule has 1 atom stereocenters. The molecule has 0 saturated heterocycles. The minimum absolute atomic E-state index is 0.0296. The van der Waals surface area contributed by atoms with Gasteiger partial charge in [0.05, 0.1) is 12.6 Å². The first-order chi connectivity index (χ1) is 10.2. The fourth-order valence-electron chi connectivity index (χ4n) is 2.01. The SMILES string of the molecule is CCNc1ncnc(NC(CO)Cc2ccccc2)c1Br. The van der Waals surface area contributed by atoms with E-state index in [2.05, 4.69) is 36.5 Å². The first-order valence-electron chi connectivity index (χ1n) is 6.90. The summed E-state index contributed by atoms with van der Waals surface area (Å²) in [6, 6.07) is 9.95. The molecule has 0 bridgehead atoms. The number of benzene rings is 1. The van der Waals surface area contributed by atoms with Gasteiger partial charge in [0.15, 0.2) is 0 Å². The van der Waals surface area contributed by atoms with Crippen molar-refractivity contribution in [1.82, 2.24) is 9.97 Å². The Hall–Kier alpha value is -1.66. The number of rotatable bonds is 7. The van der Waals surface area contributed by atoms with Crippen LogP contribution in [0.25, 0.3) is 0 Å². The highest BCUT2D eigenvalue weighted by atomic mass is 79.9. The number of aromatic nitrogens is 2. The highest BCUT2D eigenvalue weighted by Crippen LogP contribution is 2.27. The lowest BCUT2D eigenvalue weighted by atomic mass is 10.1. The quantitative estimate of drug-likeness (QED) is 0.716. The molecule has 5 nitrogen and oxygen atoms in total. The van der Waals surface area contributed by atoms with Crippen LogP contribution in [-0.2, 0) is 6.42 Å². The molecule has 0 amide bonds. The summed E-state index contributed by atoms with van der Waals surface area (Å²) < 4.78 is 0.776. The Bertz CT molecular complexity index is 565. The monoisotopic (exact) mass is 350 g/mol. The van der Waals surface area contributed by atoms with E-state index in [1.807, 2.05) is 37.3 Å². The molecule has 1 unspecified atom stereocenters. The van der Waals surface area contributed by atoms with Gasteiger partial charge in [-0.1, -0.05) is 30.3 Å². The van der Waals surface area contributed by atoms with Crippen molar-refractivity contribution in [2.45, 2.75) is 19.4 Å². The number of anilines is 2. The van der Waals surface area contributed by atoms with E-state index in [9.17, 15) is 5.11 Å². The number of aliphatic hydroxyl groups excluding tert-OH is 1. The molecule has 1 aromatic carbocycles. The van der Waals surface area contributed by atoms with Gasteiger partial charge in [0.2, 0.25) is 0 Å². The van der Waals surface area contributed by atoms with Crippen LogP contribution in [0.4, 0.5) is 11.6 Å². The number of nitrogens with one attached hydrogen (secondary N) is 2. The van der Waals surface area contributed by atoms with Gasteiger partial charge in [-0.3, -0.25) is 0 Å². The molecule has 2 rings (SSSR count). The second-order valence-corrected chi connectivity index (χ2v) is 5.42. The van der Waals surface area contributed by atoms with Crippen molar-refractivity contribution in [2.24, 2.45) is 0 Å². The van der Waals surface area contributed by atoms with E-state index in [0.717, 1.165) is 23.3 Å². The lowest BCUT2D eigenvalue weighted by molar-refractivity contribution is 0.273. The minimum Gasteiger partial charge on any atom is -0.394 e. The molecule has 0 aliphatic carbocycles. The lowest BCUT2D eigenvalue weighted by Gasteiger charge is -2.18. The van der Waals surface area contributed by atoms with Gasteiger partial charge < -0.3 is 15.7 Å². The minimum atomic E-state index is -0.104. The topological polar surface area (TPSA) is 70.1 Å². The fraction of sp³-hybridized carbons (Fsp3) is 0.333. The van der Waals surface area contributed by atoms with Gasteiger partial charge >= 0.3 is 0 Å². The molecule has 112 valence electrons. The van der Waals surface area contributed by atoms with E-state index in [1.54, 1.807) is 0 Å². The molecule has 0 fully saturated rings. The van der Waals surface area contributed by atoms with E-state index in [4.69, 9.17) is 0 Å². The number of nitrogens with zero attached hydrogens (tertiary/aromatic N) is 2. The summed E-state index contributed by atoms with van der Waals surface area (Å²) in [5.41, 5.74) is 1.17. The molecule has 0 saturated carbocycles. The summed E-state index contributed by atoms with van der Waals surface area (Å²) in [5.74, 6) is 1.42. The van der Waals surface area contributed by atoms with Crippen LogP contribution >= 0.6 is 15.9 Å². The average molecular weight is 351 g/mol. The third-order valence-corrected chi connectivity index (χ3v) is 3.77. The van der Waals surface area contributed by atoms with Crippen LogP contribution < -0.4 is 10.6 Å². The zero-order valence-electron chi connectivity index (χ0n) is 11.9. The predicted molar refractivity (Wildman–Crippen MR) is 88.5 cm³/mol. The van der Waals surface area contributed by atoms with Gasteiger partial charge in [0.25, 0.3) is 0 Å². The number of hydrogen-bond acceptors (Lipinski definition) is 5. The summed E-state index contributed by atoms with van der Waals surface area (Å²) in [7, 11) is 0. The van der Waals surface area contributed by atoms with Gasteiger partial charge in [0.1, 0.15) is 22.4 Å². The summed E-state index contributed by atoms with van der Waals surface area (Å²) in [6.07, 6.45) is 2.23. The second-order valence-electron chi connectivity index (χ2n) is 4.63. The van der Waals surface area contributed by atoms with Crippen LogP contribution in [0.1, 0.15) is 12.5 Å². The van der Waals surface area contributed by atoms with Crippen LogP contribution in [-0.4, -0.2) is 34.3 Å². The molecule has 0 spiro atoms. The maximum Gasteiger partial charge on any atom is 0.146 e. The van der Waals surface area contributed by atoms with Crippen LogP contribution in [0.2, 0.25) is 0 Å². The Morgan fingerprint density at radius 1 is 1.19 bits per heavy atom. The van der Waals surface area contributed by atoms with Crippen molar-refractivity contribution < 1.29 is 5.11 Å². The molecule has 3 N–H and O–H groups in total. The summed E-state index contributed by atoms with van der Waals surface area (Å²) >= 11 is 3.49. The van der Waals surface area contributed by atoms with Gasteiger partial charge in [0, 0.05) is 6.54 Å². The summed E-state index contributed by atoms with van der Waals surface area (Å²) in [4.78, 5) is 8.40. The Morgan fingerprint density at radius 2 is 1.90 bits per heavy atom. The fourth-order valence-corrected chi connectivity index (χ4v) is 2.47. The lowest BCUT2D eigenvalue weighted by Crippen LogP contribution is -2.27. The standard InChI is InChI=1S/C15H19BrN4O/c1-2-17-14-13(16)15(19-10-18-14)20-12(9-21)8-11-6-4-3-5-7-11/h3-7,10,12,21H,2,8-9H2,1H3,(H2,17,18,19,20). The number of aliphatic hydroxyl groups is 1. The maximum atomic E-state index is 9.58. The third-order valence-electron chi connectivity index (χ3n) is 3.02. The van der Waals surface area contributed by atoms with E-state index < -0.39 is 0 Å². The maximum absolute atomic E-state index is 9.58. The molecule has 21 heavy (non-hydrogen) atoms. The Balaban J connectivity index is 2.10. The molecule has 0 aliphatic rings. The smallest absolute Gasteiger partial charge is 0.146 e. The normalized spacial score (nSPS) is 12.0. The van der Waals surface area contributed by atoms with Gasteiger partial charge in [-0.25, -0.2) is 9.97 Å². The molecule has 1 aromatic heterocycles. The van der Waals surface area contributed by atoms with E-state index in [0.29, 0.717) is 5.82 Å². The van der Waals surface area contributed by atoms with Crippen molar-refractivity contribution >= 4 is 27.6 Å². The van der Waals surface area contributed by atoms with Crippen molar-refractivity contribution in [3.63, 3.8) is 0 Å². The first kappa shape index (κ1) is 15.7. The molecular weight excluding hydrogens is 332 g/mol. The third kappa shape index (κ3) is 4.41. The van der Waals surface area contributed by atoms with Crippen LogP contribution in [0.5, 0.6) is 0 Å². The predicted octanol–water partition coefficient (Wildman–Crippen LogP) is 2.69. The van der Waals surface area contributed by atoms with Crippen LogP contribution in [0.15, 0.2) is 41.1 Å². The molecule has 0 aliphatic heterocycles. The Morgan fingerprint density at radius 3 is 2.57 bits per heavy atom. The average Bonchev–Trinajstić information content (AvgIpc) is 2.51. The van der Waals surface area contributed by atoms with Crippen LogP contribution in [0.3, 0.4) is 0 Å². The Labute approximate surface area is 133 Å². The van der Waals surface area contributed by atoms with E-state index >= 15 is 0 Å². The van der Waals surface area contributed by atoms with E-state index in [1.165, 1.54) is 11.9 Å². The molecule has 1 heterocycles. The highest BCUT2D eigenvalue weighted by Gasteiger charge is 2.13. The van der Waals surface area contributed by atoms with Gasteiger partial charge in [-0.2, -0.15) is 0 Å².